The lowest BCUT2D eigenvalue weighted by Gasteiger charge is -2.26. The quantitative estimate of drug-likeness (QED) is 0.640. The first-order valence-electron chi connectivity index (χ1n) is 9.64. The Hall–Kier alpha value is -2.81. The molecule has 0 spiro atoms. The largest absolute Gasteiger partial charge is 0.480 e. The smallest absolute Gasteiger partial charge is 0.323 e. The van der Waals surface area contributed by atoms with Gasteiger partial charge >= 0.3 is 5.97 Å². The third-order valence-electron chi connectivity index (χ3n) is 5.93. The molecule has 2 aromatic carbocycles. The van der Waals surface area contributed by atoms with Crippen molar-refractivity contribution < 1.29 is 31.5 Å². The molecule has 1 aliphatic heterocycles. The molecule has 0 bridgehead atoms. The van der Waals surface area contributed by atoms with Gasteiger partial charge in [-0.1, -0.05) is 0 Å². The molecule has 0 unspecified atom stereocenters. The van der Waals surface area contributed by atoms with Crippen molar-refractivity contribution >= 4 is 26.7 Å². The van der Waals surface area contributed by atoms with E-state index in [9.17, 15) is 31.5 Å². The number of benzene rings is 2. The second-order valence-electron chi connectivity index (χ2n) is 7.93. The molecule has 0 aliphatic carbocycles. The third-order valence-corrected chi connectivity index (χ3v) is 7.68. The van der Waals surface area contributed by atoms with Crippen molar-refractivity contribution in [3.05, 3.63) is 64.1 Å². The van der Waals surface area contributed by atoms with Gasteiger partial charge in [0.25, 0.3) is 5.92 Å². The van der Waals surface area contributed by atoms with Crippen LogP contribution in [0.4, 0.5) is 13.2 Å². The van der Waals surface area contributed by atoms with Gasteiger partial charge in [-0.2, -0.15) is 0 Å². The Labute approximate surface area is 177 Å². The number of rotatable bonds is 4. The van der Waals surface area contributed by atoms with Crippen molar-refractivity contribution in [3.8, 4) is 0 Å². The van der Waals surface area contributed by atoms with Gasteiger partial charge in [0, 0.05) is 35.0 Å². The van der Waals surface area contributed by atoms with Crippen LogP contribution in [0.3, 0.4) is 0 Å². The molecular weight excluding hydrogens is 431 g/mol. The highest BCUT2D eigenvalue weighted by Crippen LogP contribution is 2.43. The maximum Gasteiger partial charge on any atom is 0.323 e. The van der Waals surface area contributed by atoms with E-state index in [-0.39, 0.29) is 17.9 Å². The van der Waals surface area contributed by atoms with Gasteiger partial charge in [0.05, 0.1) is 10.6 Å². The average Bonchev–Trinajstić information content (AvgIpc) is 2.91. The van der Waals surface area contributed by atoms with Gasteiger partial charge in [-0.05, 0) is 60.9 Å². The van der Waals surface area contributed by atoms with Gasteiger partial charge in [-0.3, -0.25) is 4.79 Å². The van der Waals surface area contributed by atoms with Crippen molar-refractivity contribution in [2.75, 3.05) is 5.75 Å². The van der Waals surface area contributed by atoms with Crippen molar-refractivity contribution in [2.45, 2.75) is 44.1 Å². The van der Waals surface area contributed by atoms with E-state index in [1.165, 1.54) is 30.3 Å². The number of fused-ring (bicyclic) bond motifs is 2. The molecule has 164 valence electrons. The summed E-state index contributed by atoms with van der Waals surface area (Å²) in [5, 5.41) is 9.75. The second-order valence-corrected chi connectivity index (χ2v) is 10.0. The van der Waals surface area contributed by atoms with Crippen molar-refractivity contribution in [3.63, 3.8) is 0 Å². The summed E-state index contributed by atoms with van der Waals surface area (Å²) in [7, 11) is -3.78. The van der Waals surface area contributed by atoms with E-state index in [1.807, 2.05) is 0 Å². The molecule has 9 heteroatoms. The zero-order chi connectivity index (χ0) is 22.7. The number of alkyl halides is 2. The number of aromatic nitrogens is 1. The number of hydrogen-bond acceptors (Lipinski definition) is 3. The Morgan fingerprint density at radius 3 is 2.58 bits per heavy atom. The summed E-state index contributed by atoms with van der Waals surface area (Å²) in [6.45, 7) is 3.01. The van der Waals surface area contributed by atoms with E-state index in [1.54, 1.807) is 18.4 Å². The summed E-state index contributed by atoms with van der Waals surface area (Å²) < 4.78 is 69.2. The van der Waals surface area contributed by atoms with Crippen LogP contribution in [0.2, 0.25) is 0 Å². The number of hydrogen-bond donors (Lipinski definition) is 1. The number of nitrogens with zero attached hydrogens (tertiary/aromatic N) is 1. The standard InChI is InChI=1S/C22H20F3NO4S/c1-12-7-20-18(22(24,25)5-6-31(20,29)30)9-14(12)8-16-13(2)26(11-21(27)28)19-4-3-15(23)10-17(16)19/h3-4,7,9-10H,5-6,8,11H2,1-2H3,(H,27,28). The van der Waals surface area contributed by atoms with E-state index >= 15 is 0 Å². The van der Waals surface area contributed by atoms with Gasteiger partial charge in [-0.15, -0.1) is 0 Å². The second kappa shape index (κ2) is 7.12. The lowest BCUT2D eigenvalue weighted by molar-refractivity contribution is -0.137. The molecule has 3 aromatic rings. The summed E-state index contributed by atoms with van der Waals surface area (Å²) in [6, 6.07) is 6.52. The van der Waals surface area contributed by atoms with Crippen LogP contribution in [0.1, 0.15) is 34.4 Å². The number of halogens is 3. The number of carboxylic acid groups (broad SMARTS) is 1. The first-order valence-corrected chi connectivity index (χ1v) is 11.3. The third kappa shape index (κ3) is 3.60. The molecule has 4 rings (SSSR count). The van der Waals surface area contributed by atoms with E-state index in [0.717, 1.165) is 0 Å². The van der Waals surface area contributed by atoms with Crippen molar-refractivity contribution in [1.29, 1.82) is 0 Å². The van der Waals surface area contributed by atoms with Crippen LogP contribution in [0.15, 0.2) is 35.2 Å². The van der Waals surface area contributed by atoms with E-state index in [0.29, 0.717) is 33.3 Å². The first kappa shape index (κ1) is 21.4. The fourth-order valence-electron chi connectivity index (χ4n) is 4.24. The minimum absolute atomic E-state index is 0.133. The molecule has 5 nitrogen and oxygen atoms in total. The van der Waals surface area contributed by atoms with Crippen LogP contribution < -0.4 is 0 Å². The highest BCUT2D eigenvalue weighted by molar-refractivity contribution is 7.91. The SMILES string of the molecule is Cc1cc2c(cc1Cc1c(C)n(CC(=O)O)c3ccc(F)cc13)C(F)(F)CCS2(=O)=O. The topological polar surface area (TPSA) is 76.4 Å². The minimum atomic E-state index is -3.78. The Balaban J connectivity index is 1.90. The summed E-state index contributed by atoms with van der Waals surface area (Å²) in [6.07, 6.45) is -0.638. The van der Waals surface area contributed by atoms with Crippen LogP contribution in [-0.4, -0.2) is 29.8 Å². The molecule has 0 atom stereocenters. The molecule has 1 N–H and O–H groups in total. The van der Waals surface area contributed by atoms with Crippen LogP contribution in [0.5, 0.6) is 0 Å². The number of aliphatic carboxylic acids is 1. The summed E-state index contributed by atoms with van der Waals surface area (Å²) in [5.74, 6) is -5.43. The molecule has 0 saturated heterocycles. The van der Waals surface area contributed by atoms with Crippen LogP contribution in [0.25, 0.3) is 10.9 Å². The van der Waals surface area contributed by atoms with Gasteiger partial charge < -0.3 is 9.67 Å². The fraction of sp³-hybridized carbons (Fsp3) is 0.318. The zero-order valence-corrected chi connectivity index (χ0v) is 17.7. The van der Waals surface area contributed by atoms with Crippen molar-refractivity contribution in [1.82, 2.24) is 4.57 Å². The molecule has 1 aromatic heterocycles. The maximum absolute atomic E-state index is 14.5. The van der Waals surface area contributed by atoms with Gasteiger partial charge in [-0.25, -0.2) is 21.6 Å². The highest BCUT2D eigenvalue weighted by Gasteiger charge is 2.43. The number of carbonyl (C=O) groups is 1. The Morgan fingerprint density at radius 1 is 1.19 bits per heavy atom. The van der Waals surface area contributed by atoms with Crippen LogP contribution in [-0.2, 0) is 33.5 Å². The van der Waals surface area contributed by atoms with Gasteiger partial charge in [0.2, 0.25) is 0 Å². The molecule has 1 aliphatic rings. The zero-order valence-electron chi connectivity index (χ0n) is 16.9. The number of aryl methyl sites for hydroxylation is 1. The van der Waals surface area contributed by atoms with Gasteiger partial charge in [0.15, 0.2) is 9.84 Å². The molecule has 0 amide bonds. The molecule has 0 fully saturated rings. The van der Waals surface area contributed by atoms with E-state index < -0.39 is 45.3 Å². The first-order chi connectivity index (χ1) is 14.4. The molecule has 0 radical (unpaired) electrons. The summed E-state index contributed by atoms with van der Waals surface area (Å²) in [5.41, 5.74) is 2.21. The van der Waals surface area contributed by atoms with E-state index in [4.69, 9.17) is 0 Å². The number of sulfone groups is 1. The lowest BCUT2D eigenvalue weighted by Crippen LogP contribution is -2.28. The van der Waals surface area contributed by atoms with E-state index in [2.05, 4.69) is 0 Å². The molecular formula is C22H20F3NO4S. The maximum atomic E-state index is 14.5. The predicted octanol–water partition coefficient (Wildman–Crippen LogP) is 4.34. The Bertz CT molecular complexity index is 1340. The Kier molecular flexibility index (Phi) is 4.92. The minimum Gasteiger partial charge on any atom is -0.480 e. The lowest BCUT2D eigenvalue weighted by atomic mass is 9.94. The monoisotopic (exact) mass is 451 g/mol. The van der Waals surface area contributed by atoms with Crippen molar-refractivity contribution in [2.24, 2.45) is 0 Å². The van der Waals surface area contributed by atoms with Crippen LogP contribution >= 0.6 is 0 Å². The fourth-order valence-corrected chi connectivity index (χ4v) is 5.89. The summed E-state index contributed by atoms with van der Waals surface area (Å²) in [4.78, 5) is 11.0. The molecule has 2 heterocycles. The Morgan fingerprint density at radius 2 is 1.90 bits per heavy atom. The van der Waals surface area contributed by atoms with Gasteiger partial charge in [0.1, 0.15) is 12.4 Å². The average molecular weight is 451 g/mol. The van der Waals surface area contributed by atoms with Crippen LogP contribution in [0, 0.1) is 19.7 Å². The number of carboxylic acids is 1. The normalized spacial score (nSPS) is 16.9. The molecule has 31 heavy (non-hydrogen) atoms. The summed E-state index contributed by atoms with van der Waals surface area (Å²) >= 11 is 0. The predicted molar refractivity (Wildman–Crippen MR) is 109 cm³/mol. The highest BCUT2D eigenvalue weighted by atomic mass is 32.2. The molecule has 0 saturated carbocycles.